The van der Waals surface area contributed by atoms with Crippen molar-refractivity contribution in [1.29, 1.82) is 0 Å². The largest absolute Gasteiger partial charge is 0.348 e. The molecule has 0 spiro atoms. The molecule has 8 heteroatoms. The van der Waals surface area contributed by atoms with Gasteiger partial charge in [-0.2, -0.15) is 5.10 Å². The predicted octanol–water partition coefficient (Wildman–Crippen LogP) is 4.04. The van der Waals surface area contributed by atoms with E-state index in [0.717, 1.165) is 11.1 Å². The molecule has 1 heterocycles. The number of hydrogen-bond donors (Lipinski definition) is 1. The highest BCUT2D eigenvalue weighted by molar-refractivity contribution is 6.31. The van der Waals surface area contributed by atoms with Crippen molar-refractivity contribution in [3.8, 4) is 0 Å². The minimum atomic E-state index is -0.416. The first-order valence-corrected chi connectivity index (χ1v) is 9.03. The lowest BCUT2D eigenvalue weighted by Crippen LogP contribution is -2.22. The smallest absolute Gasteiger partial charge is 0.312 e. The Kier molecular flexibility index (Phi) is 5.75. The number of amides is 1. The molecule has 0 saturated heterocycles. The number of nitrogens with zero attached hydrogens (tertiary/aromatic N) is 3. The van der Waals surface area contributed by atoms with Crippen LogP contribution < -0.4 is 5.32 Å². The van der Waals surface area contributed by atoms with Crippen molar-refractivity contribution in [3.63, 3.8) is 0 Å². The molecule has 0 saturated carbocycles. The summed E-state index contributed by atoms with van der Waals surface area (Å²) < 4.78 is 1.60. The number of halogens is 1. The lowest BCUT2D eigenvalue weighted by atomic mass is 10.1. The van der Waals surface area contributed by atoms with E-state index < -0.39 is 4.92 Å². The number of rotatable bonds is 6. The van der Waals surface area contributed by atoms with Crippen molar-refractivity contribution >= 4 is 23.2 Å². The van der Waals surface area contributed by atoms with Gasteiger partial charge in [0.1, 0.15) is 11.4 Å². The van der Waals surface area contributed by atoms with Crippen LogP contribution in [0.1, 0.15) is 32.9 Å². The average molecular weight is 399 g/mol. The molecular weight excluding hydrogens is 380 g/mol. The number of benzene rings is 2. The van der Waals surface area contributed by atoms with Crippen LogP contribution in [-0.4, -0.2) is 20.6 Å². The Balaban J connectivity index is 1.67. The number of nitro groups is 1. The van der Waals surface area contributed by atoms with Gasteiger partial charge in [-0.3, -0.25) is 19.6 Å². The van der Waals surface area contributed by atoms with Gasteiger partial charge in [-0.15, -0.1) is 0 Å². The van der Waals surface area contributed by atoms with Crippen LogP contribution >= 0.6 is 11.6 Å². The van der Waals surface area contributed by atoms with Crippen molar-refractivity contribution in [2.75, 3.05) is 0 Å². The van der Waals surface area contributed by atoms with E-state index in [2.05, 4.69) is 10.4 Å². The molecule has 7 nitrogen and oxygen atoms in total. The van der Waals surface area contributed by atoms with Crippen LogP contribution in [0.4, 0.5) is 5.69 Å². The normalized spacial score (nSPS) is 10.7. The van der Waals surface area contributed by atoms with E-state index in [-0.39, 0.29) is 11.6 Å². The third-order valence-corrected chi connectivity index (χ3v) is 4.84. The van der Waals surface area contributed by atoms with Crippen LogP contribution in [0.25, 0.3) is 0 Å². The van der Waals surface area contributed by atoms with Gasteiger partial charge in [0.25, 0.3) is 5.91 Å². The molecule has 28 heavy (non-hydrogen) atoms. The minimum Gasteiger partial charge on any atom is -0.348 e. The Morgan fingerprint density at radius 3 is 2.46 bits per heavy atom. The second kappa shape index (κ2) is 8.22. The fraction of sp³-hybridized carbons (Fsp3) is 0.200. The van der Waals surface area contributed by atoms with Crippen LogP contribution in [0.5, 0.6) is 0 Å². The number of carbonyl (C=O) groups excluding carboxylic acids is 1. The van der Waals surface area contributed by atoms with Gasteiger partial charge in [0.15, 0.2) is 0 Å². The van der Waals surface area contributed by atoms with Crippen molar-refractivity contribution < 1.29 is 9.72 Å². The molecule has 0 aliphatic rings. The Bertz CT molecular complexity index is 1030. The van der Waals surface area contributed by atoms with Gasteiger partial charge in [-0.25, -0.2) is 0 Å². The van der Waals surface area contributed by atoms with Crippen LogP contribution in [0.3, 0.4) is 0 Å². The van der Waals surface area contributed by atoms with Crippen molar-refractivity contribution in [2.24, 2.45) is 0 Å². The predicted molar refractivity (Wildman–Crippen MR) is 107 cm³/mol. The molecule has 0 unspecified atom stereocenters. The molecule has 0 radical (unpaired) electrons. The highest BCUT2D eigenvalue weighted by atomic mass is 35.5. The van der Waals surface area contributed by atoms with Crippen molar-refractivity contribution in [3.05, 3.63) is 91.7 Å². The zero-order chi connectivity index (χ0) is 20.3. The Hall–Kier alpha value is -3.19. The number of aromatic nitrogens is 2. The average Bonchev–Trinajstić information content (AvgIpc) is 2.94. The molecule has 3 aromatic rings. The first-order chi connectivity index (χ1) is 13.4. The number of hydrogen-bond acceptors (Lipinski definition) is 4. The molecule has 1 amide bonds. The van der Waals surface area contributed by atoms with Gasteiger partial charge in [0.2, 0.25) is 0 Å². The van der Waals surface area contributed by atoms with Crippen LogP contribution in [0.15, 0.2) is 48.5 Å². The van der Waals surface area contributed by atoms with Crippen LogP contribution in [0.2, 0.25) is 5.02 Å². The Morgan fingerprint density at radius 1 is 1.18 bits per heavy atom. The van der Waals surface area contributed by atoms with E-state index in [1.54, 1.807) is 36.7 Å². The summed E-state index contributed by atoms with van der Waals surface area (Å²) in [7, 11) is 0. The van der Waals surface area contributed by atoms with Crippen LogP contribution in [-0.2, 0) is 13.1 Å². The first kappa shape index (κ1) is 19.6. The molecule has 3 rings (SSSR count). The molecular formula is C20H19ClN4O3. The molecule has 2 aromatic carbocycles. The summed E-state index contributed by atoms with van der Waals surface area (Å²) in [5, 5.41) is 18.8. The third-order valence-electron chi connectivity index (χ3n) is 4.47. The van der Waals surface area contributed by atoms with Gasteiger partial charge >= 0.3 is 5.69 Å². The van der Waals surface area contributed by atoms with E-state index in [4.69, 9.17) is 11.6 Å². The summed E-state index contributed by atoms with van der Waals surface area (Å²) in [5.74, 6) is -0.201. The maximum atomic E-state index is 12.3. The summed E-state index contributed by atoms with van der Waals surface area (Å²) >= 11 is 6.09. The van der Waals surface area contributed by atoms with Gasteiger partial charge in [0, 0.05) is 17.1 Å². The molecule has 0 bridgehead atoms. The number of carbonyl (C=O) groups is 1. The summed E-state index contributed by atoms with van der Waals surface area (Å²) in [6, 6.07) is 14.4. The third kappa shape index (κ3) is 4.20. The van der Waals surface area contributed by atoms with Crippen molar-refractivity contribution in [1.82, 2.24) is 15.1 Å². The maximum Gasteiger partial charge on any atom is 0.312 e. The maximum absolute atomic E-state index is 12.3. The molecule has 0 aliphatic carbocycles. The van der Waals surface area contributed by atoms with Gasteiger partial charge < -0.3 is 5.32 Å². The topological polar surface area (TPSA) is 90.1 Å². The standard InChI is InChI=1S/C20H19ClN4O3/c1-13-19(25(27)28)14(2)24(23-13)12-15-7-9-16(10-8-15)20(26)22-11-17-5-3-4-6-18(17)21/h3-10H,11-12H2,1-2H3,(H,22,26). The second-order valence-corrected chi connectivity index (χ2v) is 6.81. The quantitative estimate of drug-likeness (QED) is 0.501. The number of aryl methyl sites for hydroxylation is 1. The van der Waals surface area contributed by atoms with E-state index >= 15 is 0 Å². The minimum absolute atomic E-state index is 0.0376. The van der Waals surface area contributed by atoms with E-state index in [1.165, 1.54) is 0 Å². The summed E-state index contributed by atoms with van der Waals surface area (Å²) in [6.45, 7) is 4.03. The van der Waals surface area contributed by atoms with Crippen LogP contribution in [0, 0.1) is 24.0 Å². The Morgan fingerprint density at radius 2 is 1.86 bits per heavy atom. The van der Waals surface area contributed by atoms with Gasteiger partial charge in [-0.1, -0.05) is 41.9 Å². The molecule has 1 N–H and O–H groups in total. The van der Waals surface area contributed by atoms with E-state index in [9.17, 15) is 14.9 Å². The van der Waals surface area contributed by atoms with E-state index in [0.29, 0.717) is 35.1 Å². The Labute approximate surface area is 167 Å². The summed E-state index contributed by atoms with van der Waals surface area (Å²) in [4.78, 5) is 23.0. The van der Waals surface area contributed by atoms with E-state index in [1.807, 2.05) is 30.3 Å². The van der Waals surface area contributed by atoms with Crippen molar-refractivity contribution in [2.45, 2.75) is 26.9 Å². The zero-order valence-electron chi connectivity index (χ0n) is 15.5. The molecule has 0 fully saturated rings. The summed E-state index contributed by atoms with van der Waals surface area (Å²) in [5.41, 5.74) is 3.19. The fourth-order valence-electron chi connectivity index (χ4n) is 2.96. The van der Waals surface area contributed by atoms with Gasteiger partial charge in [0.05, 0.1) is 11.5 Å². The van der Waals surface area contributed by atoms with Gasteiger partial charge in [-0.05, 0) is 43.2 Å². The lowest BCUT2D eigenvalue weighted by Gasteiger charge is -2.08. The molecule has 144 valence electrons. The first-order valence-electron chi connectivity index (χ1n) is 8.65. The zero-order valence-corrected chi connectivity index (χ0v) is 16.2. The monoisotopic (exact) mass is 398 g/mol. The number of nitrogens with one attached hydrogen (secondary N) is 1. The highest BCUT2D eigenvalue weighted by Crippen LogP contribution is 2.22. The molecule has 1 aromatic heterocycles. The lowest BCUT2D eigenvalue weighted by molar-refractivity contribution is -0.386. The second-order valence-electron chi connectivity index (χ2n) is 6.41. The highest BCUT2D eigenvalue weighted by Gasteiger charge is 2.21. The fourth-order valence-corrected chi connectivity index (χ4v) is 3.16. The summed E-state index contributed by atoms with van der Waals surface area (Å²) in [6.07, 6.45) is 0. The molecule has 0 atom stereocenters. The SMILES string of the molecule is Cc1nn(Cc2ccc(C(=O)NCc3ccccc3Cl)cc2)c(C)c1[N+](=O)[O-]. The molecule has 0 aliphatic heterocycles.